The van der Waals surface area contributed by atoms with Crippen LogP contribution in [0.5, 0.6) is 0 Å². The van der Waals surface area contributed by atoms with E-state index in [1.165, 1.54) is 0 Å². The number of anilines is 1. The third kappa shape index (κ3) is 4.25. The van der Waals surface area contributed by atoms with Crippen LogP contribution in [-0.4, -0.2) is 23.1 Å². The highest BCUT2D eigenvalue weighted by atomic mass is 16.5. The van der Waals surface area contributed by atoms with Crippen molar-refractivity contribution in [2.75, 3.05) is 11.9 Å². The molecular weight excluding hydrogens is 376 g/mol. The van der Waals surface area contributed by atoms with Gasteiger partial charge in [-0.05, 0) is 36.1 Å². The van der Waals surface area contributed by atoms with Crippen LogP contribution in [-0.2, 0) is 20.9 Å². The van der Waals surface area contributed by atoms with Crippen molar-refractivity contribution in [1.82, 2.24) is 4.57 Å². The molecule has 0 unspecified atom stereocenters. The number of rotatable bonds is 6. The predicted molar refractivity (Wildman–Crippen MR) is 118 cm³/mol. The summed E-state index contributed by atoms with van der Waals surface area (Å²) in [4.78, 5) is 24.7. The largest absolute Gasteiger partial charge is 0.454 e. The highest BCUT2D eigenvalue weighted by molar-refractivity contribution is 5.97. The molecule has 4 rings (SSSR count). The lowest BCUT2D eigenvalue weighted by Crippen LogP contribution is -2.23. The fourth-order valence-corrected chi connectivity index (χ4v) is 3.53. The summed E-state index contributed by atoms with van der Waals surface area (Å²) in [6.07, 6.45) is 0. The molecule has 0 fully saturated rings. The van der Waals surface area contributed by atoms with Crippen LogP contribution < -0.4 is 5.32 Å². The van der Waals surface area contributed by atoms with Crippen molar-refractivity contribution in [3.8, 4) is 11.1 Å². The number of hydrogen-bond donors (Lipinski definition) is 1. The molecule has 0 aliphatic rings. The molecule has 0 bridgehead atoms. The first kappa shape index (κ1) is 19.5. The van der Waals surface area contributed by atoms with Gasteiger partial charge in [-0.25, -0.2) is 0 Å². The van der Waals surface area contributed by atoms with Gasteiger partial charge < -0.3 is 14.6 Å². The summed E-state index contributed by atoms with van der Waals surface area (Å²) in [5.41, 5.74) is 4.52. The molecule has 0 aliphatic heterocycles. The Kier molecular flexibility index (Phi) is 5.61. The Morgan fingerprint density at radius 3 is 2.43 bits per heavy atom. The highest BCUT2D eigenvalue weighted by Gasteiger charge is 2.13. The van der Waals surface area contributed by atoms with Crippen molar-refractivity contribution < 1.29 is 14.3 Å². The zero-order chi connectivity index (χ0) is 20.9. The maximum absolute atomic E-state index is 12.4. The minimum absolute atomic E-state index is 0.0627. The number of aromatic nitrogens is 1. The Morgan fingerprint density at radius 2 is 1.60 bits per heavy atom. The summed E-state index contributed by atoms with van der Waals surface area (Å²) >= 11 is 0. The Morgan fingerprint density at radius 1 is 0.900 bits per heavy atom. The zero-order valence-corrected chi connectivity index (χ0v) is 16.7. The van der Waals surface area contributed by atoms with Crippen molar-refractivity contribution in [3.63, 3.8) is 0 Å². The van der Waals surface area contributed by atoms with Crippen LogP contribution in [0.15, 0.2) is 84.9 Å². The van der Waals surface area contributed by atoms with E-state index in [0.717, 1.165) is 27.7 Å². The Labute approximate surface area is 174 Å². The first-order valence-corrected chi connectivity index (χ1v) is 9.76. The van der Waals surface area contributed by atoms with Crippen molar-refractivity contribution in [2.24, 2.45) is 0 Å². The second kappa shape index (κ2) is 8.66. The number of aryl methyl sites for hydroxylation is 1. The molecule has 0 radical (unpaired) electrons. The van der Waals surface area contributed by atoms with Gasteiger partial charge in [-0.2, -0.15) is 0 Å². The van der Waals surface area contributed by atoms with Gasteiger partial charge in [0, 0.05) is 22.5 Å². The van der Waals surface area contributed by atoms with Crippen LogP contribution in [0.4, 0.5) is 5.69 Å². The number of ether oxygens (including phenoxy) is 1. The van der Waals surface area contributed by atoms with E-state index in [2.05, 4.69) is 5.32 Å². The summed E-state index contributed by atoms with van der Waals surface area (Å²) in [5, 5.41) is 3.91. The lowest BCUT2D eigenvalue weighted by atomic mass is 10.0. The van der Waals surface area contributed by atoms with Crippen LogP contribution in [0.3, 0.4) is 0 Å². The third-order valence-corrected chi connectivity index (χ3v) is 4.96. The molecular formula is C25H22N2O3. The first-order valence-electron chi connectivity index (χ1n) is 9.76. The van der Waals surface area contributed by atoms with E-state index < -0.39 is 5.97 Å². The number of benzene rings is 3. The van der Waals surface area contributed by atoms with Crippen LogP contribution in [0.2, 0.25) is 0 Å². The molecule has 3 aromatic carbocycles. The Hall–Kier alpha value is -3.86. The van der Waals surface area contributed by atoms with Gasteiger partial charge in [0.2, 0.25) is 0 Å². The van der Waals surface area contributed by atoms with Gasteiger partial charge in [0.1, 0.15) is 6.54 Å². The van der Waals surface area contributed by atoms with Crippen molar-refractivity contribution >= 4 is 28.5 Å². The SMILES string of the molecule is Cc1cc2ccccc2n1CC(=O)OCC(=O)Nc1ccccc1-c1ccccc1. The van der Waals surface area contributed by atoms with Gasteiger partial charge in [0.15, 0.2) is 6.61 Å². The summed E-state index contributed by atoms with van der Waals surface area (Å²) in [5.74, 6) is -0.827. The Bertz CT molecular complexity index is 1200. The van der Waals surface area contributed by atoms with E-state index in [1.54, 1.807) is 0 Å². The molecule has 1 amide bonds. The average Bonchev–Trinajstić information content (AvgIpc) is 3.08. The number of amides is 1. The van der Waals surface area contributed by atoms with Gasteiger partial charge in [0.25, 0.3) is 5.91 Å². The number of nitrogens with one attached hydrogen (secondary N) is 1. The summed E-state index contributed by atoms with van der Waals surface area (Å²) < 4.78 is 7.12. The molecule has 0 saturated heterocycles. The second-order valence-corrected chi connectivity index (χ2v) is 7.05. The van der Waals surface area contributed by atoms with E-state index in [1.807, 2.05) is 96.4 Å². The van der Waals surface area contributed by atoms with Crippen LogP contribution >= 0.6 is 0 Å². The molecule has 0 atom stereocenters. The van der Waals surface area contributed by atoms with Crippen LogP contribution in [0.1, 0.15) is 5.69 Å². The van der Waals surface area contributed by atoms with E-state index in [-0.39, 0.29) is 19.1 Å². The molecule has 0 aliphatic carbocycles. The van der Waals surface area contributed by atoms with E-state index >= 15 is 0 Å². The van der Waals surface area contributed by atoms with Crippen LogP contribution in [0.25, 0.3) is 22.0 Å². The van der Waals surface area contributed by atoms with Gasteiger partial charge in [-0.15, -0.1) is 0 Å². The average molecular weight is 398 g/mol. The molecule has 1 aromatic heterocycles. The maximum atomic E-state index is 12.4. The number of carbonyl (C=O) groups excluding carboxylic acids is 2. The minimum Gasteiger partial charge on any atom is -0.454 e. The fraction of sp³-hybridized carbons (Fsp3) is 0.120. The molecule has 1 heterocycles. The standard InChI is InChI=1S/C25H22N2O3/c1-18-15-20-11-5-8-14-23(20)27(18)16-25(29)30-17-24(28)26-22-13-7-6-12-21(22)19-9-3-2-4-10-19/h2-15H,16-17H2,1H3,(H,26,28). The molecule has 150 valence electrons. The number of nitrogens with zero attached hydrogens (tertiary/aromatic N) is 1. The monoisotopic (exact) mass is 398 g/mol. The lowest BCUT2D eigenvalue weighted by molar-refractivity contribution is -0.147. The van der Waals surface area contributed by atoms with E-state index in [4.69, 9.17) is 4.74 Å². The predicted octanol–water partition coefficient (Wildman–Crippen LogP) is 4.80. The van der Waals surface area contributed by atoms with Crippen molar-refractivity contribution in [3.05, 3.63) is 90.6 Å². The van der Waals surface area contributed by atoms with Gasteiger partial charge in [-0.1, -0.05) is 66.7 Å². The van der Waals surface area contributed by atoms with Crippen molar-refractivity contribution in [1.29, 1.82) is 0 Å². The van der Waals surface area contributed by atoms with E-state index in [9.17, 15) is 9.59 Å². The summed E-state index contributed by atoms with van der Waals surface area (Å²) in [7, 11) is 0. The topological polar surface area (TPSA) is 60.3 Å². The number of hydrogen-bond acceptors (Lipinski definition) is 3. The number of para-hydroxylation sites is 2. The minimum atomic E-state index is -0.453. The third-order valence-electron chi connectivity index (χ3n) is 4.96. The highest BCUT2D eigenvalue weighted by Crippen LogP contribution is 2.27. The van der Waals surface area contributed by atoms with E-state index in [0.29, 0.717) is 5.69 Å². The smallest absolute Gasteiger partial charge is 0.326 e. The molecule has 30 heavy (non-hydrogen) atoms. The number of esters is 1. The van der Waals surface area contributed by atoms with Gasteiger partial charge >= 0.3 is 5.97 Å². The molecule has 0 saturated carbocycles. The normalized spacial score (nSPS) is 10.7. The molecule has 5 nitrogen and oxygen atoms in total. The van der Waals surface area contributed by atoms with Gasteiger partial charge in [0.05, 0.1) is 0 Å². The molecule has 4 aromatic rings. The van der Waals surface area contributed by atoms with Gasteiger partial charge in [-0.3, -0.25) is 9.59 Å². The number of carbonyl (C=O) groups is 2. The number of fused-ring (bicyclic) bond motifs is 1. The zero-order valence-electron chi connectivity index (χ0n) is 16.7. The lowest BCUT2D eigenvalue weighted by Gasteiger charge is -2.12. The fourth-order valence-electron chi connectivity index (χ4n) is 3.53. The molecule has 5 heteroatoms. The second-order valence-electron chi connectivity index (χ2n) is 7.05. The Balaban J connectivity index is 1.39. The quantitative estimate of drug-likeness (QED) is 0.475. The summed E-state index contributed by atoms with van der Waals surface area (Å²) in [6, 6.07) is 27.2. The maximum Gasteiger partial charge on any atom is 0.326 e. The molecule has 1 N–H and O–H groups in total. The van der Waals surface area contributed by atoms with Crippen molar-refractivity contribution in [2.45, 2.75) is 13.5 Å². The molecule has 0 spiro atoms. The first-order chi connectivity index (χ1) is 14.6. The summed E-state index contributed by atoms with van der Waals surface area (Å²) in [6.45, 7) is 1.67. The van der Waals surface area contributed by atoms with Crippen LogP contribution in [0, 0.1) is 6.92 Å².